The molecule has 0 radical (unpaired) electrons. The van der Waals surface area contributed by atoms with Crippen LogP contribution in [-0.4, -0.2) is 41.3 Å². The summed E-state index contributed by atoms with van der Waals surface area (Å²) in [6, 6.07) is 13.9. The fourth-order valence-corrected chi connectivity index (χ4v) is 5.48. The molecule has 0 bridgehead atoms. The molecule has 1 aliphatic rings. The van der Waals surface area contributed by atoms with E-state index >= 15 is 0 Å². The molecule has 1 amide bonds. The van der Waals surface area contributed by atoms with Crippen molar-refractivity contribution >= 4 is 44.7 Å². The summed E-state index contributed by atoms with van der Waals surface area (Å²) < 4.78 is 6.48. The Morgan fingerprint density at radius 1 is 1.24 bits per heavy atom. The second-order valence-corrected chi connectivity index (χ2v) is 10.0. The fourth-order valence-electron chi connectivity index (χ4n) is 4.32. The number of rotatable bonds is 8. The number of aromatic amines is 1. The molecule has 5 rings (SSSR count). The Kier molecular flexibility index (Phi) is 6.80. The second-order valence-electron chi connectivity index (χ2n) is 8.40. The minimum absolute atomic E-state index is 0.222. The Balaban J connectivity index is 1.34. The summed E-state index contributed by atoms with van der Waals surface area (Å²) in [7, 11) is 1.63. The molecule has 7 nitrogen and oxygen atoms in total. The van der Waals surface area contributed by atoms with Crippen molar-refractivity contribution in [1.82, 2.24) is 20.5 Å². The quantitative estimate of drug-likeness (QED) is 0.362. The van der Waals surface area contributed by atoms with Crippen molar-refractivity contribution in [3.8, 4) is 0 Å². The lowest BCUT2D eigenvalue weighted by Crippen LogP contribution is -2.24. The zero-order valence-corrected chi connectivity index (χ0v) is 20.5. The summed E-state index contributed by atoms with van der Waals surface area (Å²) in [5.74, 6) is 0.766. The highest BCUT2D eigenvalue weighted by Gasteiger charge is 2.21. The number of benzene rings is 1. The number of aromatic nitrogens is 3. The highest BCUT2D eigenvalue weighted by molar-refractivity contribution is 7.19. The summed E-state index contributed by atoms with van der Waals surface area (Å²) in [5.41, 5.74) is 2.88. The van der Waals surface area contributed by atoms with Crippen LogP contribution in [0.15, 0.2) is 42.5 Å². The van der Waals surface area contributed by atoms with Crippen LogP contribution in [0, 0.1) is 0 Å². The largest absolute Gasteiger partial charge is 0.378 e. The first-order chi connectivity index (χ1) is 16.6. The smallest absolute Gasteiger partial charge is 0.272 e. The van der Waals surface area contributed by atoms with E-state index in [1.807, 2.05) is 36.4 Å². The first kappa shape index (κ1) is 22.8. The zero-order chi connectivity index (χ0) is 23.5. The number of ether oxygens (including phenoxy) is 1. The van der Waals surface area contributed by atoms with Gasteiger partial charge in [0.25, 0.3) is 5.91 Å². The highest BCUT2D eigenvalue weighted by Crippen LogP contribution is 2.28. The van der Waals surface area contributed by atoms with Gasteiger partial charge in [0.05, 0.1) is 18.8 Å². The molecule has 0 saturated carbocycles. The van der Waals surface area contributed by atoms with Gasteiger partial charge < -0.3 is 15.0 Å². The van der Waals surface area contributed by atoms with Crippen molar-refractivity contribution in [1.29, 1.82) is 0 Å². The molecule has 1 saturated heterocycles. The van der Waals surface area contributed by atoms with E-state index in [0.717, 1.165) is 50.8 Å². The fraction of sp³-hybridized carbons (Fsp3) is 0.320. The number of carbonyl (C=O) groups excluding carboxylic acids is 1. The number of halogens is 1. The number of anilines is 1. The Labute approximate surface area is 207 Å². The molecule has 4 heterocycles. The predicted molar refractivity (Wildman–Crippen MR) is 136 cm³/mol. The zero-order valence-electron chi connectivity index (χ0n) is 18.9. The van der Waals surface area contributed by atoms with E-state index in [9.17, 15) is 4.79 Å². The first-order valence-corrected chi connectivity index (χ1v) is 12.5. The van der Waals surface area contributed by atoms with Gasteiger partial charge in [-0.25, -0.2) is 4.98 Å². The number of nitrogens with one attached hydrogen (secondary N) is 2. The lowest BCUT2D eigenvalue weighted by atomic mass is 10.1. The van der Waals surface area contributed by atoms with Crippen LogP contribution in [0.2, 0.25) is 5.02 Å². The molecule has 0 atom stereocenters. The van der Waals surface area contributed by atoms with E-state index in [1.54, 1.807) is 18.4 Å². The number of H-pyrrole nitrogens is 1. The molecule has 0 spiro atoms. The van der Waals surface area contributed by atoms with Gasteiger partial charge in [0.2, 0.25) is 0 Å². The van der Waals surface area contributed by atoms with Crippen LogP contribution in [0.3, 0.4) is 0 Å². The molecule has 34 heavy (non-hydrogen) atoms. The Bertz CT molecular complexity index is 1310. The second kappa shape index (κ2) is 10.1. The lowest BCUT2D eigenvalue weighted by Gasteiger charge is -2.17. The van der Waals surface area contributed by atoms with Crippen LogP contribution < -0.4 is 10.2 Å². The van der Waals surface area contributed by atoms with Gasteiger partial charge >= 0.3 is 0 Å². The number of hydrogen-bond acceptors (Lipinski definition) is 6. The molecule has 1 aliphatic heterocycles. The summed E-state index contributed by atoms with van der Waals surface area (Å²) in [4.78, 5) is 21.3. The topological polar surface area (TPSA) is 83.1 Å². The first-order valence-electron chi connectivity index (χ1n) is 11.3. The molecule has 176 valence electrons. The Morgan fingerprint density at radius 3 is 2.91 bits per heavy atom. The summed E-state index contributed by atoms with van der Waals surface area (Å²) in [5, 5.41) is 12.1. The maximum atomic E-state index is 13.1. The van der Waals surface area contributed by atoms with Crippen LogP contribution >= 0.6 is 22.9 Å². The normalized spacial score (nSPS) is 13.6. The number of pyridine rings is 1. The van der Waals surface area contributed by atoms with Crippen LogP contribution in [0.1, 0.15) is 45.2 Å². The van der Waals surface area contributed by atoms with Gasteiger partial charge in [-0.05, 0) is 54.6 Å². The minimum Gasteiger partial charge on any atom is -0.378 e. The van der Waals surface area contributed by atoms with Crippen LogP contribution in [0.5, 0.6) is 0 Å². The van der Waals surface area contributed by atoms with Gasteiger partial charge in [-0.15, -0.1) is 11.3 Å². The highest BCUT2D eigenvalue weighted by atomic mass is 35.5. The molecule has 0 aliphatic carbocycles. The third-order valence-electron chi connectivity index (χ3n) is 5.99. The van der Waals surface area contributed by atoms with Gasteiger partial charge in [-0.2, -0.15) is 5.10 Å². The summed E-state index contributed by atoms with van der Waals surface area (Å²) >= 11 is 7.74. The number of carbonyl (C=O) groups is 1. The predicted octanol–water partition coefficient (Wildman–Crippen LogP) is 4.94. The molecule has 4 aromatic rings. The third kappa shape index (κ3) is 4.94. The van der Waals surface area contributed by atoms with E-state index in [2.05, 4.69) is 26.5 Å². The van der Waals surface area contributed by atoms with Crippen LogP contribution in [-0.2, 0) is 24.3 Å². The average Bonchev–Trinajstić information content (AvgIpc) is 3.58. The summed E-state index contributed by atoms with van der Waals surface area (Å²) in [6.07, 6.45) is 2.90. The van der Waals surface area contributed by atoms with Gasteiger partial charge in [0.15, 0.2) is 5.69 Å². The van der Waals surface area contributed by atoms with Gasteiger partial charge in [0.1, 0.15) is 5.82 Å². The lowest BCUT2D eigenvalue weighted by molar-refractivity contribution is 0.0945. The molecule has 3 aromatic heterocycles. The molecular weight excluding hydrogens is 470 g/mol. The molecule has 0 unspecified atom stereocenters. The third-order valence-corrected chi connectivity index (χ3v) is 7.34. The number of fused-ring (bicyclic) bond motifs is 1. The number of thiophene rings is 1. The van der Waals surface area contributed by atoms with Crippen molar-refractivity contribution in [2.75, 3.05) is 25.1 Å². The maximum Gasteiger partial charge on any atom is 0.272 e. The summed E-state index contributed by atoms with van der Waals surface area (Å²) in [6.45, 7) is 2.84. The van der Waals surface area contributed by atoms with Gasteiger partial charge in [-0.3, -0.25) is 9.89 Å². The molecular formula is C25H26ClN5O2S. The van der Waals surface area contributed by atoms with Gasteiger partial charge in [0, 0.05) is 52.5 Å². The van der Waals surface area contributed by atoms with E-state index in [-0.39, 0.29) is 5.91 Å². The van der Waals surface area contributed by atoms with E-state index in [4.69, 9.17) is 21.3 Å². The SMILES string of the molecule is COCc1[nH]nc(C(=O)NCc2cc3cc(Cl)ccc3s2)c1Cc1cccc(N2CCCC2)n1. The molecule has 1 aromatic carbocycles. The molecule has 2 N–H and O–H groups in total. The van der Waals surface area contributed by atoms with E-state index in [0.29, 0.717) is 30.3 Å². The standard InChI is InChI=1S/C25H26ClN5O2S/c1-33-15-21-20(13-18-5-4-6-23(28-18)31-9-2-3-10-31)24(30-29-21)25(32)27-14-19-12-16-11-17(26)7-8-22(16)34-19/h4-8,11-12H,2-3,9-10,13-15H2,1H3,(H,27,32)(H,29,30). The Hall–Kier alpha value is -2.94. The number of nitrogens with zero attached hydrogens (tertiary/aromatic N) is 3. The Morgan fingerprint density at radius 2 is 2.09 bits per heavy atom. The number of methoxy groups -OCH3 is 1. The van der Waals surface area contributed by atoms with Gasteiger partial charge in [-0.1, -0.05) is 17.7 Å². The molecule has 1 fully saturated rings. The molecule has 9 heteroatoms. The van der Waals surface area contributed by atoms with Crippen molar-refractivity contribution in [2.24, 2.45) is 0 Å². The monoisotopic (exact) mass is 495 g/mol. The number of amides is 1. The van der Waals surface area contributed by atoms with E-state index < -0.39 is 0 Å². The van der Waals surface area contributed by atoms with Crippen molar-refractivity contribution in [2.45, 2.75) is 32.4 Å². The van der Waals surface area contributed by atoms with Crippen molar-refractivity contribution in [3.05, 3.63) is 75.0 Å². The maximum absolute atomic E-state index is 13.1. The average molecular weight is 496 g/mol. The van der Waals surface area contributed by atoms with Crippen LogP contribution in [0.4, 0.5) is 5.82 Å². The number of hydrogen-bond donors (Lipinski definition) is 2. The van der Waals surface area contributed by atoms with Crippen LogP contribution in [0.25, 0.3) is 10.1 Å². The minimum atomic E-state index is -0.222. The van der Waals surface area contributed by atoms with E-state index in [1.165, 1.54) is 12.8 Å². The van der Waals surface area contributed by atoms with Crippen molar-refractivity contribution in [3.63, 3.8) is 0 Å². The van der Waals surface area contributed by atoms with Crippen molar-refractivity contribution < 1.29 is 9.53 Å².